The van der Waals surface area contributed by atoms with E-state index in [2.05, 4.69) is 41.4 Å². The fourth-order valence-electron chi connectivity index (χ4n) is 3.61. The number of carbonyl (C=O) groups excluding carboxylic acids is 1. The lowest BCUT2D eigenvalue weighted by Gasteiger charge is -2.15. The molecule has 0 atom stereocenters. The van der Waals surface area contributed by atoms with Crippen molar-refractivity contribution in [1.29, 1.82) is 0 Å². The third-order valence-electron chi connectivity index (χ3n) is 5.17. The average molecular weight is 385 g/mol. The van der Waals surface area contributed by atoms with Crippen molar-refractivity contribution in [2.75, 3.05) is 5.32 Å². The number of pyridine rings is 1. The molecule has 0 fully saturated rings. The zero-order valence-corrected chi connectivity index (χ0v) is 16.8. The van der Waals surface area contributed by atoms with Crippen molar-refractivity contribution in [3.05, 3.63) is 77.0 Å². The Labute approximate surface area is 169 Å². The van der Waals surface area contributed by atoms with Gasteiger partial charge in [-0.15, -0.1) is 0 Å². The van der Waals surface area contributed by atoms with Crippen LogP contribution in [0.5, 0.6) is 0 Å². The van der Waals surface area contributed by atoms with E-state index in [9.17, 15) is 4.79 Å². The van der Waals surface area contributed by atoms with Gasteiger partial charge in [0.15, 0.2) is 0 Å². The Morgan fingerprint density at radius 1 is 1.00 bits per heavy atom. The second-order valence-electron chi connectivity index (χ2n) is 6.98. The number of anilines is 1. The van der Waals surface area contributed by atoms with E-state index in [4.69, 9.17) is 4.52 Å². The van der Waals surface area contributed by atoms with Gasteiger partial charge in [0.05, 0.1) is 22.3 Å². The predicted octanol–water partition coefficient (Wildman–Crippen LogP) is 5.58. The Balaban J connectivity index is 1.83. The molecule has 146 valence electrons. The summed E-state index contributed by atoms with van der Waals surface area (Å²) >= 11 is 0. The van der Waals surface area contributed by atoms with Gasteiger partial charge >= 0.3 is 0 Å². The van der Waals surface area contributed by atoms with Crippen LogP contribution in [-0.4, -0.2) is 16.0 Å². The lowest BCUT2D eigenvalue weighted by atomic mass is 10.0. The lowest BCUT2D eigenvalue weighted by molar-refractivity contribution is 0.102. The highest BCUT2D eigenvalue weighted by molar-refractivity contribution is 6.13. The van der Waals surface area contributed by atoms with E-state index in [1.807, 2.05) is 49.4 Å². The minimum absolute atomic E-state index is 0.184. The Hall–Kier alpha value is -3.47. The van der Waals surface area contributed by atoms with Crippen LogP contribution < -0.4 is 5.32 Å². The zero-order chi connectivity index (χ0) is 20.4. The van der Waals surface area contributed by atoms with Gasteiger partial charge < -0.3 is 9.84 Å². The number of aryl methyl sites for hydroxylation is 3. The van der Waals surface area contributed by atoms with Crippen LogP contribution >= 0.6 is 0 Å². The summed E-state index contributed by atoms with van der Waals surface area (Å²) in [6.07, 6.45) is 1.69. The molecule has 2 heterocycles. The summed E-state index contributed by atoms with van der Waals surface area (Å²) in [6, 6.07) is 17.7. The van der Waals surface area contributed by atoms with Gasteiger partial charge in [-0.1, -0.05) is 67.5 Å². The molecule has 1 N–H and O–H groups in total. The quantitative estimate of drug-likeness (QED) is 0.487. The SMILES string of the molecule is CCc1cccc(CC)c1NC(=O)c1cc(-c2ccccc2)nc2onc(C)c12. The number of nitrogens with one attached hydrogen (secondary N) is 1. The molecule has 4 rings (SSSR count). The molecule has 0 unspecified atom stereocenters. The Morgan fingerprint density at radius 2 is 1.69 bits per heavy atom. The van der Waals surface area contributed by atoms with Crippen molar-refractivity contribution in [1.82, 2.24) is 10.1 Å². The lowest BCUT2D eigenvalue weighted by Crippen LogP contribution is -2.16. The number of hydrogen-bond acceptors (Lipinski definition) is 4. The smallest absolute Gasteiger partial charge is 0.259 e. The number of nitrogens with zero attached hydrogens (tertiary/aromatic N) is 2. The van der Waals surface area contributed by atoms with Gasteiger partial charge in [0.2, 0.25) is 0 Å². The minimum atomic E-state index is -0.184. The summed E-state index contributed by atoms with van der Waals surface area (Å²) in [7, 11) is 0. The molecular weight excluding hydrogens is 362 g/mol. The number of rotatable bonds is 5. The van der Waals surface area contributed by atoms with Crippen LogP contribution in [0.4, 0.5) is 5.69 Å². The summed E-state index contributed by atoms with van der Waals surface area (Å²) < 4.78 is 5.40. The summed E-state index contributed by atoms with van der Waals surface area (Å²) in [6.45, 7) is 6.00. The molecule has 1 amide bonds. The van der Waals surface area contributed by atoms with Crippen LogP contribution in [-0.2, 0) is 12.8 Å². The topological polar surface area (TPSA) is 68.0 Å². The highest BCUT2D eigenvalue weighted by Crippen LogP contribution is 2.29. The maximum absolute atomic E-state index is 13.4. The molecule has 29 heavy (non-hydrogen) atoms. The van der Waals surface area contributed by atoms with E-state index >= 15 is 0 Å². The van der Waals surface area contributed by atoms with Gasteiger partial charge in [-0.2, -0.15) is 0 Å². The van der Waals surface area contributed by atoms with Crippen molar-refractivity contribution in [3.63, 3.8) is 0 Å². The first-order chi connectivity index (χ1) is 14.1. The molecule has 5 nitrogen and oxygen atoms in total. The van der Waals surface area contributed by atoms with Crippen molar-refractivity contribution >= 4 is 22.7 Å². The summed E-state index contributed by atoms with van der Waals surface area (Å²) in [5.41, 5.74) is 6.26. The molecule has 0 spiro atoms. The maximum Gasteiger partial charge on any atom is 0.259 e. The van der Waals surface area contributed by atoms with Gasteiger partial charge in [0.1, 0.15) is 0 Å². The van der Waals surface area contributed by atoms with Crippen LogP contribution in [0.15, 0.2) is 59.1 Å². The van der Waals surface area contributed by atoms with Crippen molar-refractivity contribution in [3.8, 4) is 11.3 Å². The summed E-state index contributed by atoms with van der Waals surface area (Å²) in [5.74, 6) is -0.184. The van der Waals surface area contributed by atoms with E-state index in [1.54, 1.807) is 0 Å². The molecule has 0 aliphatic heterocycles. The minimum Gasteiger partial charge on any atom is -0.335 e. The van der Waals surface area contributed by atoms with E-state index in [1.165, 1.54) is 0 Å². The molecule has 5 heteroatoms. The first-order valence-corrected chi connectivity index (χ1v) is 9.87. The van der Waals surface area contributed by atoms with Crippen molar-refractivity contribution in [2.45, 2.75) is 33.6 Å². The number of aromatic nitrogens is 2. The molecule has 0 saturated heterocycles. The van der Waals surface area contributed by atoms with Crippen LogP contribution in [0.3, 0.4) is 0 Å². The maximum atomic E-state index is 13.4. The van der Waals surface area contributed by atoms with Gasteiger partial charge in [0, 0.05) is 11.3 Å². The van der Waals surface area contributed by atoms with Crippen molar-refractivity contribution < 1.29 is 9.32 Å². The van der Waals surface area contributed by atoms with Gasteiger partial charge in [-0.3, -0.25) is 4.79 Å². The van der Waals surface area contributed by atoms with E-state index in [0.29, 0.717) is 28.1 Å². The third-order valence-corrected chi connectivity index (χ3v) is 5.17. The third kappa shape index (κ3) is 3.51. The number of fused-ring (bicyclic) bond motifs is 1. The van der Waals surface area contributed by atoms with Gasteiger partial charge in [-0.25, -0.2) is 4.98 Å². The number of benzene rings is 2. The average Bonchev–Trinajstić information content (AvgIpc) is 3.14. The van der Waals surface area contributed by atoms with Crippen molar-refractivity contribution in [2.24, 2.45) is 0 Å². The first-order valence-electron chi connectivity index (χ1n) is 9.87. The number of para-hydroxylation sites is 1. The zero-order valence-electron chi connectivity index (χ0n) is 16.8. The molecule has 0 saturated carbocycles. The van der Waals surface area contributed by atoms with E-state index in [-0.39, 0.29) is 5.91 Å². The second-order valence-corrected chi connectivity index (χ2v) is 6.98. The fraction of sp³-hybridized carbons (Fsp3) is 0.208. The Bertz CT molecular complexity index is 1160. The van der Waals surface area contributed by atoms with E-state index < -0.39 is 0 Å². The first kappa shape index (κ1) is 18.9. The molecule has 0 bridgehead atoms. The predicted molar refractivity (Wildman–Crippen MR) is 115 cm³/mol. The summed E-state index contributed by atoms with van der Waals surface area (Å²) in [4.78, 5) is 18.0. The number of amides is 1. The standard InChI is InChI=1S/C24H23N3O2/c1-4-16-12-9-13-17(5-2)22(16)26-23(28)19-14-20(18-10-7-6-8-11-18)25-24-21(19)15(3)27-29-24/h6-14H,4-5H2,1-3H3,(H,26,28). The largest absolute Gasteiger partial charge is 0.335 e. The molecule has 0 radical (unpaired) electrons. The molecule has 0 aliphatic rings. The molecule has 2 aromatic carbocycles. The van der Waals surface area contributed by atoms with Crippen LogP contribution in [0, 0.1) is 6.92 Å². The van der Waals surface area contributed by atoms with E-state index in [0.717, 1.165) is 35.2 Å². The fourth-order valence-corrected chi connectivity index (χ4v) is 3.61. The van der Waals surface area contributed by atoms with Gasteiger partial charge in [0.25, 0.3) is 11.6 Å². The highest BCUT2D eigenvalue weighted by atomic mass is 16.5. The number of carbonyl (C=O) groups is 1. The monoisotopic (exact) mass is 385 g/mol. The van der Waals surface area contributed by atoms with Crippen LogP contribution in [0.2, 0.25) is 0 Å². The second kappa shape index (κ2) is 7.87. The number of hydrogen-bond donors (Lipinski definition) is 1. The molecule has 2 aromatic heterocycles. The summed E-state index contributed by atoms with van der Waals surface area (Å²) in [5, 5.41) is 7.83. The normalized spacial score (nSPS) is 11.0. The molecule has 0 aliphatic carbocycles. The Kier molecular flexibility index (Phi) is 5.12. The van der Waals surface area contributed by atoms with Gasteiger partial charge in [-0.05, 0) is 37.0 Å². The Morgan fingerprint density at radius 3 is 2.34 bits per heavy atom. The molecule has 4 aromatic rings. The van der Waals surface area contributed by atoms with Crippen LogP contribution in [0.25, 0.3) is 22.4 Å². The highest BCUT2D eigenvalue weighted by Gasteiger charge is 2.20. The molecular formula is C24H23N3O2. The van der Waals surface area contributed by atoms with Crippen LogP contribution in [0.1, 0.15) is 41.0 Å².